The lowest BCUT2D eigenvalue weighted by Gasteiger charge is -2.32. The third-order valence-electron chi connectivity index (χ3n) is 5.72. The van der Waals surface area contributed by atoms with Gasteiger partial charge in [-0.2, -0.15) is 0 Å². The Labute approximate surface area is 242 Å². The third-order valence-corrected chi connectivity index (χ3v) is 6.79. The number of rotatable bonds is 11. The molecule has 2 aromatic rings. The van der Waals surface area contributed by atoms with Crippen molar-refractivity contribution in [1.82, 2.24) is 4.90 Å². The number of ether oxygens (including phenoxy) is 2. The van der Waals surface area contributed by atoms with Crippen molar-refractivity contribution in [3.63, 3.8) is 0 Å². The first-order valence-corrected chi connectivity index (χ1v) is 13.6. The van der Waals surface area contributed by atoms with Crippen LogP contribution in [0.15, 0.2) is 53.2 Å². The molecule has 1 aliphatic heterocycles. The SMILES string of the molecule is COCC(C)(C)COCC(C)(C)CN1C(=O)/C(=C/c2cc(F)c(O)c(I)c2)N=C1/C=C/c1ccc(Cl)cc1. The topological polar surface area (TPSA) is 71.4 Å². The number of amides is 1. The third kappa shape index (κ3) is 8.36. The number of halogens is 3. The number of hydrogen-bond donors (Lipinski definition) is 1. The van der Waals surface area contributed by atoms with Crippen molar-refractivity contribution in [1.29, 1.82) is 0 Å². The van der Waals surface area contributed by atoms with Crippen LogP contribution < -0.4 is 0 Å². The zero-order valence-corrected chi connectivity index (χ0v) is 25.1. The van der Waals surface area contributed by atoms with Crippen molar-refractivity contribution in [3.05, 3.63) is 73.7 Å². The lowest BCUT2D eigenvalue weighted by Crippen LogP contribution is -2.41. The van der Waals surface area contributed by atoms with E-state index in [0.717, 1.165) is 5.56 Å². The molecule has 0 atom stereocenters. The number of carbonyl (C=O) groups is 1. The molecular formula is C29H33ClFIN2O4. The predicted octanol–water partition coefficient (Wildman–Crippen LogP) is 6.80. The minimum atomic E-state index is -0.757. The molecule has 0 bridgehead atoms. The van der Waals surface area contributed by atoms with E-state index in [1.54, 1.807) is 36.3 Å². The number of phenolic OH excluding ortho intramolecular Hbond substituents is 1. The standard InChI is InChI=1S/C29H33ClFIN2O4/c1-28(2,17-38-18-29(3,4)16-37-5)15-34-25(11-8-19-6-9-21(30)10-7-19)33-24(27(34)36)14-20-12-22(31)26(35)23(32)13-20/h6-14,35H,15-18H2,1-5H3/b11-8+,24-14-. The Kier molecular flexibility index (Phi) is 10.1. The highest BCUT2D eigenvalue weighted by Crippen LogP contribution is 2.29. The van der Waals surface area contributed by atoms with Crippen molar-refractivity contribution in [2.24, 2.45) is 15.8 Å². The Balaban J connectivity index is 1.87. The van der Waals surface area contributed by atoms with Crippen LogP contribution in [0.5, 0.6) is 5.75 Å². The van der Waals surface area contributed by atoms with Gasteiger partial charge in [0.15, 0.2) is 11.6 Å². The smallest absolute Gasteiger partial charge is 0.278 e. The van der Waals surface area contributed by atoms with Crippen LogP contribution in [-0.4, -0.2) is 55.2 Å². The van der Waals surface area contributed by atoms with Gasteiger partial charge in [-0.25, -0.2) is 9.38 Å². The van der Waals surface area contributed by atoms with Gasteiger partial charge in [0.05, 0.1) is 23.4 Å². The summed E-state index contributed by atoms with van der Waals surface area (Å²) in [4.78, 5) is 19.7. The van der Waals surface area contributed by atoms with Crippen LogP contribution in [0.3, 0.4) is 0 Å². The van der Waals surface area contributed by atoms with Crippen molar-refractivity contribution in [3.8, 4) is 5.75 Å². The van der Waals surface area contributed by atoms with Gasteiger partial charge >= 0.3 is 0 Å². The first kappa shape index (κ1) is 30.3. The summed E-state index contributed by atoms with van der Waals surface area (Å²) in [6.07, 6.45) is 5.17. The highest BCUT2D eigenvalue weighted by Gasteiger charge is 2.34. The van der Waals surface area contributed by atoms with E-state index < -0.39 is 11.6 Å². The fourth-order valence-corrected chi connectivity index (χ4v) is 4.67. The van der Waals surface area contributed by atoms with Crippen LogP contribution in [0, 0.1) is 20.2 Å². The second-order valence-corrected chi connectivity index (χ2v) is 12.5. The van der Waals surface area contributed by atoms with Gasteiger partial charge in [-0.05, 0) is 70.1 Å². The molecule has 0 fully saturated rings. The summed E-state index contributed by atoms with van der Waals surface area (Å²) in [5.74, 6) is -1.000. The summed E-state index contributed by atoms with van der Waals surface area (Å²) in [6.45, 7) is 10.1. The zero-order valence-electron chi connectivity index (χ0n) is 22.2. The molecule has 0 aromatic heterocycles. The molecule has 0 unspecified atom stereocenters. The van der Waals surface area contributed by atoms with Gasteiger partial charge in [0, 0.05) is 29.5 Å². The Morgan fingerprint density at radius 3 is 2.34 bits per heavy atom. The van der Waals surface area contributed by atoms with Crippen LogP contribution >= 0.6 is 34.2 Å². The molecule has 1 N–H and O–H groups in total. The fraction of sp³-hybridized carbons (Fsp3) is 0.379. The number of aliphatic imine (C=N–C) groups is 1. The molecule has 0 spiro atoms. The highest BCUT2D eigenvalue weighted by molar-refractivity contribution is 14.1. The van der Waals surface area contributed by atoms with Crippen molar-refractivity contribution < 1.29 is 23.8 Å². The maximum Gasteiger partial charge on any atom is 0.278 e. The Morgan fingerprint density at radius 1 is 1.05 bits per heavy atom. The van der Waals surface area contributed by atoms with Crippen LogP contribution in [0.2, 0.25) is 5.02 Å². The molecule has 0 saturated heterocycles. The maximum absolute atomic E-state index is 14.1. The lowest BCUT2D eigenvalue weighted by atomic mass is 9.93. The van der Waals surface area contributed by atoms with Gasteiger partial charge in [-0.1, -0.05) is 57.5 Å². The number of amidine groups is 1. The van der Waals surface area contributed by atoms with E-state index in [0.29, 0.717) is 46.4 Å². The van der Waals surface area contributed by atoms with Crippen LogP contribution in [-0.2, 0) is 14.3 Å². The Bertz CT molecular complexity index is 1230. The molecule has 6 nitrogen and oxygen atoms in total. The maximum atomic E-state index is 14.1. The number of aromatic hydroxyl groups is 1. The van der Waals surface area contributed by atoms with Gasteiger partial charge in [0.1, 0.15) is 11.5 Å². The molecule has 204 valence electrons. The molecule has 38 heavy (non-hydrogen) atoms. The zero-order chi connectivity index (χ0) is 28.1. The molecule has 1 heterocycles. The van der Waals surface area contributed by atoms with Crippen molar-refractivity contribution in [2.75, 3.05) is 33.5 Å². The second-order valence-electron chi connectivity index (χ2n) is 10.9. The van der Waals surface area contributed by atoms with E-state index in [9.17, 15) is 14.3 Å². The molecule has 0 saturated carbocycles. The second kappa shape index (κ2) is 12.7. The fourth-order valence-electron chi connectivity index (χ4n) is 3.93. The number of carbonyl (C=O) groups excluding carboxylic acids is 1. The molecule has 1 amide bonds. The Hall–Kier alpha value is -2.27. The minimum absolute atomic E-state index is 0.130. The summed E-state index contributed by atoms with van der Waals surface area (Å²) in [5.41, 5.74) is 1.00. The van der Waals surface area contributed by atoms with Crippen LogP contribution in [0.4, 0.5) is 4.39 Å². The number of hydrogen-bond acceptors (Lipinski definition) is 5. The minimum Gasteiger partial charge on any atom is -0.504 e. The average Bonchev–Trinajstić information content (AvgIpc) is 3.10. The molecule has 9 heteroatoms. The summed E-state index contributed by atoms with van der Waals surface area (Å²) in [7, 11) is 1.67. The molecule has 3 rings (SSSR count). The van der Waals surface area contributed by atoms with Crippen molar-refractivity contribution >= 4 is 58.1 Å². The largest absolute Gasteiger partial charge is 0.504 e. The van der Waals surface area contributed by atoms with Gasteiger partial charge in [0.25, 0.3) is 5.91 Å². The van der Waals surface area contributed by atoms with Crippen molar-refractivity contribution in [2.45, 2.75) is 27.7 Å². The number of nitrogens with zero attached hydrogens (tertiary/aromatic N) is 2. The molecular weight excluding hydrogens is 622 g/mol. The van der Waals surface area contributed by atoms with E-state index >= 15 is 0 Å². The lowest BCUT2D eigenvalue weighted by molar-refractivity contribution is -0.124. The summed E-state index contributed by atoms with van der Waals surface area (Å²) >= 11 is 7.85. The normalized spacial score (nSPS) is 15.7. The van der Waals surface area contributed by atoms with E-state index in [1.807, 2.05) is 54.6 Å². The van der Waals surface area contributed by atoms with E-state index in [4.69, 9.17) is 21.1 Å². The first-order valence-electron chi connectivity index (χ1n) is 12.1. The number of methoxy groups -OCH3 is 1. The van der Waals surface area contributed by atoms with E-state index in [-0.39, 0.29) is 22.4 Å². The summed E-state index contributed by atoms with van der Waals surface area (Å²) in [6, 6.07) is 10.1. The monoisotopic (exact) mass is 654 g/mol. The predicted molar refractivity (Wildman–Crippen MR) is 159 cm³/mol. The summed E-state index contributed by atoms with van der Waals surface area (Å²) < 4.78 is 25.8. The molecule has 1 aliphatic rings. The number of benzene rings is 2. The van der Waals surface area contributed by atoms with Crippen LogP contribution in [0.1, 0.15) is 38.8 Å². The molecule has 0 aliphatic carbocycles. The molecule has 0 radical (unpaired) electrons. The van der Waals surface area contributed by atoms with E-state index in [2.05, 4.69) is 18.8 Å². The first-order chi connectivity index (χ1) is 17.8. The highest BCUT2D eigenvalue weighted by atomic mass is 127. The molecule has 2 aromatic carbocycles. The van der Waals surface area contributed by atoms with Crippen LogP contribution in [0.25, 0.3) is 12.2 Å². The average molecular weight is 655 g/mol. The quantitative estimate of drug-likeness (QED) is 0.214. The number of phenols is 1. The van der Waals surface area contributed by atoms with Gasteiger partial charge < -0.3 is 14.6 Å². The van der Waals surface area contributed by atoms with Gasteiger partial charge in [-0.3, -0.25) is 9.69 Å². The van der Waals surface area contributed by atoms with E-state index in [1.165, 1.54) is 12.1 Å². The van der Waals surface area contributed by atoms with Gasteiger partial charge in [0.2, 0.25) is 0 Å². The summed E-state index contributed by atoms with van der Waals surface area (Å²) in [5, 5.41) is 10.4. The van der Waals surface area contributed by atoms with Gasteiger partial charge in [-0.15, -0.1) is 0 Å². The Morgan fingerprint density at radius 2 is 1.71 bits per heavy atom.